The van der Waals surface area contributed by atoms with Crippen LogP contribution in [0.5, 0.6) is 11.5 Å². The van der Waals surface area contributed by atoms with Crippen LogP contribution < -0.4 is 15.2 Å². The van der Waals surface area contributed by atoms with E-state index in [0.717, 1.165) is 35.5 Å². The molecule has 2 unspecified atom stereocenters. The zero-order chi connectivity index (χ0) is 12.4. The second kappa shape index (κ2) is 4.94. The summed E-state index contributed by atoms with van der Waals surface area (Å²) in [4.78, 5) is 0. The number of hydrogen-bond acceptors (Lipinski definition) is 4. The molecule has 17 heavy (non-hydrogen) atoms. The SMILES string of the molecule is COc1ccc(OC)c2c1CCC(OC)C2N. The summed E-state index contributed by atoms with van der Waals surface area (Å²) in [7, 11) is 5.03. The van der Waals surface area contributed by atoms with Crippen LogP contribution in [0.1, 0.15) is 23.6 Å². The average Bonchev–Trinajstić information content (AvgIpc) is 2.38. The van der Waals surface area contributed by atoms with Crippen LogP contribution in [0.3, 0.4) is 0 Å². The Kier molecular flexibility index (Phi) is 3.54. The van der Waals surface area contributed by atoms with Gasteiger partial charge in [-0.25, -0.2) is 0 Å². The summed E-state index contributed by atoms with van der Waals surface area (Å²) in [5, 5.41) is 0. The molecule has 94 valence electrons. The molecule has 0 radical (unpaired) electrons. The monoisotopic (exact) mass is 237 g/mol. The van der Waals surface area contributed by atoms with Gasteiger partial charge in [0, 0.05) is 18.2 Å². The van der Waals surface area contributed by atoms with Crippen molar-refractivity contribution in [3.63, 3.8) is 0 Å². The highest BCUT2D eigenvalue weighted by Crippen LogP contribution is 2.40. The van der Waals surface area contributed by atoms with Crippen molar-refractivity contribution in [2.45, 2.75) is 25.0 Å². The molecule has 0 fully saturated rings. The average molecular weight is 237 g/mol. The summed E-state index contributed by atoms with van der Waals surface area (Å²) in [6, 6.07) is 3.67. The van der Waals surface area contributed by atoms with E-state index in [1.807, 2.05) is 12.1 Å². The van der Waals surface area contributed by atoms with E-state index in [9.17, 15) is 0 Å². The number of hydrogen-bond donors (Lipinski definition) is 1. The van der Waals surface area contributed by atoms with Gasteiger partial charge in [-0.2, -0.15) is 0 Å². The molecule has 4 nitrogen and oxygen atoms in total. The quantitative estimate of drug-likeness (QED) is 0.868. The first-order valence-corrected chi connectivity index (χ1v) is 5.75. The molecule has 0 saturated carbocycles. The van der Waals surface area contributed by atoms with E-state index in [2.05, 4.69) is 0 Å². The first-order valence-electron chi connectivity index (χ1n) is 5.75. The number of methoxy groups -OCH3 is 3. The van der Waals surface area contributed by atoms with Crippen molar-refractivity contribution >= 4 is 0 Å². The molecule has 2 atom stereocenters. The first kappa shape index (κ1) is 12.2. The molecule has 2 N–H and O–H groups in total. The number of nitrogens with two attached hydrogens (primary N) is 1. The fraction of sp³-hybridized carbons (Fsp3) is 0.538. The Labute approximate surface area is 102 Å². The molecule has 0 heterocycles. The topological polar surface area (TPSA) is 53.7 Å². The van der Waals surface area contributed by atoms with Crippen molar-refractivity contribution in [2.75, 3.05) is 21.3 Å². The number of fused-ring (bicyclic) bond motifs is 1. The molecule has 0 aliphatic heterocycles. The fourth-order valence-electron chi connectivity index (χ4n) is 2.53. The summed E-state index contributed by atoms with van der Waals surface area (Å²) in [5.74, 6) is 1.70. The minimum absolute atomic E-state index is 0.0449. The van der Waals surface area contributed by atoms with Gasteiger partial charge in [0.15, 0.2) is 0 Å². The lowest BCUT2D eigenvalue weighted by molar-refractivity contribution is 0.0665. The van der Waals surface area contributed by atoms with Crippen molar-refractivity contribution in [3.05, 3.63) is 23.3 Å². The molecule has 4 heteroatoms. The second-order valence-corrected chi connectivity index (χ2v) is 4.20. The van der Waals surface area contributed by atoms with Crippen LogP contribution in [-0.4, -0.2) is 27.4 Å². The van der Waals surface area contributed by atoms with Crippen LogP contribution in [0.15, 0.2) is 12.1 Å². The Hall–Kier alpha value is -1.26. The summed E-state index contributed by atoms with van der Waals surface area (Å²) < 4.78 is 16.2. The predicted molar refractivity (Wildman–Crippen MR) is 65.6 cm³/mol. The van der Waals surface area contributed by atoms with Gasteiger partial charge in [-0.3, -0.25) is 0 Å². The predicted octanol–water partition coefficient (Wildman–Crippen LogP) is 1.66. The zero-order valence-corrected chi connectivity index (χ0v) is 10.5. The molecule has 0 aromatic heterocycles. The molecule has 0 bridgehead atoms. The highest BCUT2D eigenvalue weighted by atomic mass is 16.5. The minimum atomic E-state index is -0.159. The molecular formula is C13H19NO3. The Morgan fingerprint density at radius 2 is 1.76 bits per heavy atom. The van der Waals surface area contributed by atoms with E-state index in [1.54, 1.807) is 21.3 Å². The van der Waals surface area contributed by atoms with Crippen molar-refractivity contribution < 1.29 is 14.2 Å². The van der Waals surface area contributed by atoms with Gasteiger partial charge in [-0.05, 0) is 25.0 Å². The lowest BCUT2D eigenvalue weighted by Gasteiger charge is -2.32. The fourth-order valence-corrected chi connectivity index (χ4v) is 2.53. The largest absolute Gasteiger partial charge is 0.496 e. The molecule has 1 aromatic rings. The second-order valence-electron chi connectivity index (χ2n) is 4.20. The van der Waals surface area contributed by atoms with E-state index in [4.69, 9.17) is 19.9 Å². The van der Waals surface area contributed by atoms with Crippen LogP contribution in [0, 0.1) is 0 Å². The summed E-state index contributed by atoms with van der Waals surface area (Å²) in [6.45, 7) is 0. The molecule has 1 aromatic carbocycles. The van der Waals surface area contributed by atoms with E-state index in [-0.39, 0.29) is 12.1 Å². The lowest BCUT2D eigenvalue weighted by Crippen LogP contribution is -2.33. The smallest absolute Gasteiger partial charge is 0.124 e. The molecule has 0 saturated heterocycles. The highest BCUT2D eigenvalue weighted by Gasteiger charge is 2.31. The van der Waals surface area contributed by atoms with Gasteiger partial charge < -0.3 is 19.9 Å². The van der Waals surface area contributed by atoms with E-state index in [1.165, 1.54) is 0 Å². The number of benzene rings is 1. The molecule has 0 amide bonds. The summed E-state index contributed by atoms with van der Waals surface area (Å²) >= 11 is 0. The van der Waals surface area contributed by atoms with Crippen molar-refractivity contribution in [1.29, 1.82) is 0 Å². The van der Waals surface area contributed by atoms with Gasteiger partial charge >= 0.3 is 0 Å². The Bertz CT molecular complexity index is 406. The van der Waals surface area contributed by atoms with Gasteiger partial charge in [-0.1, -0.05) is 0 Å². The molecule has 1 aliphatic carbocycles. The Balaban J connectivity index is 2.52. The molecule has 1 aliphatic rings. The van der Waals surface area contributed by atoms with Crippen LogP contribution in [0.25, 0.3) is 0 Å². The van der Waals surface area contributed by atoms with Crippen molar-refractivity contribution in [2.24, 2.45) is 5.73 Å². The first-order chi connectivity index (χ1) is 8.22. The van der Waals surface area contributed by atoms with Crippen LogP contribution >= 0.6 is 0 Å². The van der Waals surface area contributed by atoms with E-state index < -0.39 is 0 Å². The highest BCUT2D eigenvalue weighted by molar-refractivity contribution is 5.52. The molecule has 2 rings (SSSR count). The maximum Gasteiger partial charge on any atom is 0.124 e. The maximum atomic E-state index is 6.24. The number of ether oxygens (including phenoxy) is 3. The van der Waals surface area contributed by atoms with E-state index in [0.29, 0.717) is 0 Å². The van der Waals surface area contributed by atoms with Crippen LogP contribution in [0.2, 0.25) is 0 Å². The minimum Gasteiger partial charge on any atom is -0.496 e. The van der Waals surface area contributed by atoms with Gasteiger partial charge in [0.2, 0.25) is 0 Å². The van der Waals surface area contributed by atoms with Crippen LogP contribution in [0.4, 0.5) is 0 Å². The third-order valence-electron chi connectivity index (χ3n) is 3.43. The normalized spacial score (nSPS) is 23.1. The van der Waals surface area contributed by atoms with Crippen molar-refractivity contribution in [3.8, 4) is 11.5 Å². The van der Waals surface area contributed by atoms with Crippen molar-refractivity contribution in [1.82, 2.24) is 0 Å². The van der Waals surface area contributed by atoms with Gasteiger partial charge in [-0.15, -0.1) is 0 Å². The lowest BCUT2D eigenvalue weighted by atomic mass is 9.84. The van der Waals surface area contributed by atoms with Gasteiger partial charge in [0.25, 0.3) is 0 Å². The third-order valence-corrected chi connectivity index (χ3v) is 3.43. The van der Waals surface area contributed by atoms with E-state index >= 15 is 0 Å². The molecular weight excluding hydrogens is 218 g/mol. The van der Waals surface area contributed by atoms with Gasteiger partial charge in [0.1, 0.15) is 11.5 Å². The zero-order valence-electron chi connectivity index (χ0n) is 10.5. The molecule has 0 spiro atoms. The summed E-state index contributed by atoms with van der Waals surface area (Å²) in [6.07, 6.45) is 1.86. The number of rotatable bonds is 3. The van der Waals surface area contributed by atoms with Gasteiger partial charge in [0.05, 0.1) is 26.4 Å². The Morgan fingerprint density at radius 1 is 1.12 bits per heavy atom. The third kappa shape index (κ3) is 1.98. The standard InChI is InChI=1S/C13H19NO3/c1-15-9-6-7-10(16-2)12-8(9)4-5-11(17-3)13(12)14/h6-7,11,13H,4-5,14H2,1-3H3. The Morgan fingerprint density at radius 3 is 2.35 bits per heavy atom. The summed E-state index contributed by atoms with van der Waals surface area (Å²) in [5.41, 5.74) is 8.40. The maximum absolute atomic E-state index is 6.24. The van der Waals surface area contributed by atoms with Crippen LogP contribution in [-0.2, 0) is 11.2 Å².